The number of aliphatic carboxylic acids is 1. The molecule has 17 heavy (non-hydrogen) atoms. The van der Waals surface area contributed by atoms with Crippen LogP contribution in [-0.2, 0) is 9.59 Å². The van der Waals surface area contributed by atoms with Gasteiger partial charge in [0.15, 0.2) is 0 Å². The number of carboxylic acid groups (broad SMARTS) is 1. The minimum absolute atomic E-state index is 0.0886. The van der Waals surface area contributed by atoms with E-state index in [4.69, 9.17) is 5.11 Å². The largest absolute Gasteiger partial charge is 0.481 e. The molecule has 5 nitrogen and oxygen atoms in total. The molecular weight excluding hydrogens is 220 g/mol. The zero-order chi connectivity index (χ0) is 12.6. The monoisotopic (exact) mass is 240 g/mol. The van der Waals surface area contributed by atoms with Crippen LogP contribution in [0.2, 0.25) is 0 Å². The Morgan fingerprint density at radius 2 is 1.82 bits per heavy atom. The number of carbonyl (C=O) groups is 2. The molecule has 0 radical (unpaired) electrons. The molecule has 2 rings (SSSR count). The predicted molar refractivity (Wildman–Crippen MR) is 62.4 cm³/mol. The Morgan fingerprint density at radius 3 is 2.29 bits per heavy atom. The van der Waals surface area contributed by atoms with Crippen molar-refractivity contribution in [3.05, 3.63) is 0 Å². The van der Waals surface area contributed by atoms with Crippen LogP contribution in [0.1, 0.15) is 26.7 Å². The number of hydrogen-bond acceptors (Lipinski definition) is 3. The third kappa shape index (κ3) is 2.29. The highest BCUT2D eigenvalue weighted by Gasteiger charge is 2.65. The number of rotatable bonds is 3. The molecule has 2 aliphatic rings. The number of amides is 1. The van der Waals surface area contributed by atoms with E-state index in [0.717, 1.165) is 25.9 Å². The van der Waals surface area contributed by atoms with Crippen LogP contribution in [0.5, 0.6) is 0 Å². The molecule has 1 heterocycles. The quantitative estimate of drug-likeness (QED) is 0.659. The Hall–Kier alpha value is -1.10. The number of nitrogens with one attached hydrogen (secondary N) is 2. The molecule has 1 aliphatic heterocycles. The lowest BCUT2D eigenvalue weighted by Gasteiger charge is -2.23. The van der Waals surface area contributed by atoms with Crippen molar-refractivity contribution in [1.82, 2.24) is 10.6 Å². The van der Waals surface area contributed by atoms with E-state index in [2.05, 4.69) is 10.6 Å². The van der Waals surface area contributed by atoms with Gasteiger partial charge >= 0.3 is 5.97 Å². The minimum Gasteiger partial charge on any atom is -0.481 e. The van der Waals surface area contributed by atoms with E-state index in [-0.39, 0.29) is 17.9 Å². The van der Waals surface area contributed by atoms with Crippen molar-refractivity contribution in [2.24, 2.45) is 17.3 Å². The Bertz CT molecular complexity index is 335. The molecule has 1 amide bonds. The summed E-state index contributed by atoms with van der Waals surface area (Å²) in [4.78, 5) is 23.0. The van der Waals surface area contributed by atoms with Crippen LogP contribution in [-0.4, -0.2) is 36.1 Å². The molecule has 1 saturated carbocycles. The second-order valence-corrected chi connectivity index (χ2v) is 5.65. The fourth-order valence-electron chi connectivity index (χ4n) is 2.85. The summed E-state index contributed by atoms with van der Waals surface area (Å²) in [6.07, 6.45) is 1.85. The molecule has 2 atom stereocenters. The van der Waals surface area contributed by atoms with Crippen molar-refractivity contribution < 1.29 is 14.7 Å². The minimum atomic E-state index is -0.861. The molecule has 1 saturated heterocycles. The third-order valence-corrected chi connectivity index (χ3v) is 4.06. The summed E-state index contributed by atoms with van der Waals surface area (Å²) in [6, 6.07) is 0.203. The van der Waals surface area contributed by atoms with Gasteiger partial charge < -0.3 is 15.7 Å². The topological polar surface area (TPSA) is 78.4 Å². The van der Waals surface area contributed by atoms with Gasteiger partial charge in [0.05, 0.1) is 11.8 Å². The highest BCUT2D eigenvalue weighted by Crippen LogP contribution is 2.58. The predicted octanol–water partition coefficient (Wildman–Crippen LogP) is 0.211. The van der Waals surface area contributed by atoms with Crippen molar-refractivity contribution in [1.29, 1.82) is 0 Å². The van der Waals surface area contributed by atoms with Gasteiger partial charge in [-0.1, -0.05) is 13.8 Å². The van der Waals surface area contributed by atoms with Gasteiger partial charge in [-0.2, -0.15) is 0 Å². The highest BCUT2D eigenvalue weighted by molar-refractivity contribution is 5.91. The maximum atomic E-state index is 12.0. The fraction of sp³-hybridized carbons (Fsp3) is 0.833. The number of carbonyl (C=O) groups excluding carboxylic acids is 1. The molecule has 0 aromatic carbocycles. The first-order valence-corrected chi connectivity index (χ1v) is 6.18. The van der Waals surface area contributed by atoms with Crippen molar-refractivity contribution in [2.45, 2.75) is 32.7 Å². The maximum Gasteiger partial charge on any atom is 0.307 e. The summed E-state index contributed by atoms with van der Waals surface area (Å²) in [5, 5.41) is 15.2. The van der Waals surface area contributed by atoms with Crippen molar-refractivity contribution >= 4 is 11.9 Å². The lowest BCUT2D eigenvalue weighted by Crippen LogP contribution is -2.43. The Kier molecular flexibility index (Phi) is 3.12. The van der Waals surface area contributed by atoms with Gasteiger partial charge in [0, 0.05) is 6.04 Å². The van der Waals surface area contributed by atoms with Gasteiger partial charge in [-0.3, -0.25) is 9.59 Å². The molecule has 5 heteroatoms. The number of piperidine rings is 1. The first-order chi connectivity index (χ1) is 7.94. The Morgan fingerprint density at radius 1 is 1.24 bits per heavy atom. The molecule has 96 valence electrons. The molecule has 0 bridgehead atoms. The zero-order valence-corrected chi connectivity index (χ0v) is 10.3. The molecule has 2 unspecified atom stereocenters. The molecule has 0 aromatic heterocycles. The highest BCUT2D eigenvalue weighted by atomic mass is 16.4. The van der Waals surface area contributed by atoms with Gasteiger partial charge in [0.25, 0.3) is 0 Å². The SMILES string of the molecule is CC1(C)C(C(=O)O)C1C(=O)NC1CCNCC1. The smallest absolute Gasteiger partial charge is 0.307 e. The van der Waals surface area contributed by atoms with E-state index in [0.29, 0.717) is 0 Å². The van der Waals surface area contributed by atoms with E-state index in [9.17, 15) is 9.59 Å². The normalized spacial score (nSPS) is 31.9. The summed E-state index contributed by atoms with van der Waals surface area (Å²) < 4.78 is 0. The second-order valence-electron chi connectivity index (χ2n) is 5.65. The molecule has 1 aliphatic carbocycles. The van der Waals surface area contributed by atoms with Crippen LogP contribution in [0.15, 0.2) is 0 Å². The zero-order valence-electron chi connectivity index (χ0n) is 10.3. The van der Waals surface area contributed by atoms with Crippen LogP contribution >= 0.6 is 0 Å². The number of carboxylic acids is 1. The Labute approximate surface area is 101 Å². The summed E-state index contributed by atoms with van der Waals surface area (Å²) >= 11 is 0. The van der Waals surface area contributed by atoms with Gasteiger partial charge in [-0.25, -0.2) is 0 Å². The van der Waals surface area contributed by atoms with Crippen LogP contribution in [0.3, 0.4) is 0 Å². The average Bonchev–Trinajstić information content (AvgIpc) is 2.83. The second kappa shape index (κ2) is 4.29. The van der Waals surface area contributed by atoms with Crippen LogP contribution in [0, 0.1) is 17.3 Å². The molecular formula is C12H20N2O3. The van der Waals surface area contributed by atoms with E-state index < -0.39 is 17.3 Å². The first-order valence-electron chi connectivity index (χ1n) is 6.18. The van der Waals surface area contributed by atoms with Crippen molar-refractivity contribution in [3.8, 4) is 0 Å². The summed E-state index contributed by atoms with van der Waals surface area (Å²) in [7, 11) is 0. The van der Waals surface area contributed by atoms with Gasteiger partial charge in [-0.15, -0.1) is 0 Å². The van der Waals surface area contributed by atoms with Crippen LogP contribution < -0.4 is 10.6 Å². The molecule has 0 spiro atoms. The lowest BCUT2D eigenvalue weighted by atomic mass is 10.1. The molecule has 3 N–H and O–H groups in total. The molecule has 2 fully saturated rings. The Balaban J connectivity index is 1.90. The van der Waals surface area contributed by atoms with E-state index >= 15 is 0 Å². The van der Waals surface area contributed by atoms with Crippen LogP contribution in [0.4, 0.5) is 0 Å². The standard InChI is InChI=1S/C12H20N2O3/c1-12(2)8(9(12)11(16)17)10(15)14-7-3-5-13-6-4-7/h7-9,13H,3-6H2,1-2H3,(H,14,15)(H,16,17). The van der Waals surface area contributed by atoms with E-state index in [1.54, 1.807) is 0 Å². The van der Waals surface area contributed by atoms with Gasteiger partial charge in [0.2, 0.25) is 5.91 Å². The van der Waals surface area contributed by atoms with Crippen molar-refractivity contribution in [3.63, 3.8) is 0 Å². The maximum absolute atomic E-state index is 12.0. The summed E-state index contributed by atoms with van der Waals surface area (Å²) in [6.45, 7) is 5.53. The van der Waals surface area contributed by atoms with E-state index in [1.807, 2.05) is 13.8 Å². The summed E-state index contributed by atoms with van der Waals surface area (Å²) in [5.41, 5.74) is -0.400. The molecule has 0 aromatic rings. The lowest BCUT2D eigenvalue weighted by molar-refractivity contribution is -0.140. The van der Waals surface area contributed by atoms with Crippen molar-refractivity contribution in [2.75, 3.05) is 13.1 Å². The van der Waals surface area contributed by atoms with Gasteiger partial charge in [-0.05, 0) is 31.3 Å². The van der Waals surface area contributed by atoms with Crippen LogP contribution in [0.25, 0.3) is 0 Å². The third-order valence-electron chi connectivity index (χ3n) is 4.06. The average molecular weight is 240 g/mol. The summed E-state index contributed by atoms with van der Waals surface area (Å²) in [5.74, 6) is -1.84. The van der Waals surface area contributed by atoms with Gasteiger partial charge in [0.1, 0.15) is 0 Å². The van der Waals surface area contributed by atoms with E-state index in [1.165, 1.54) is 0 Å². The number of hydrogen-bond donors (Lipinski definition) is 3. The first kappa shape index (κ1) is 12.4. The fourth-order valence-corrected chi connectivity index (χ4v) is 2.85.